The molecule has 0 radical (unpaired) electrons. The zero-order valence-electron chi connectivity index (χ0n) is 11.2. The highest BCUT2D eigenvalue weighted by atomic mass is 15.1. The van der Waals surface area contributed by atoms with Crippen molar-refractivity contribution in [2.45, 2.75) is 32.7 Å². The predicted molar refractivity (Wildman–Crippen MR) is 73.7 cm³/mol. The first-order valence-electron chi connectivity index (χ1n) is 6.22. The predicted octanol–water partition coefficient (Wildman–Crippen LogP) is 2.69. The van der Waals surface area contributed by atoms with E-state index in [9.17, 15) is 0 Å². The fourth-order valence-electron chi connectivity index (χ4n) is 1.67. The van der Waals surface area contributed by atoms with Crippen LogP contribution in [-0.4, -0.2) is 21.1 Å². The molecule has 2 rings (SSSR count). The first kappa shape index (κ1) is 12.6. The third-order valence-corrected chi connectivity index (χ3v) is 2.86. The molecule has 0 saturated carbocycles. The van der Waals surface area contributed by atoms with Crippen LogP contribution in [0.1, 0.15) is 26.3 Å². The van der Waals surface area contributed by atoms with Crippen LogP contribution in [0.2, 0.25) is 0 Å². The van der Waals surface area contributed by atoms with E-state index < -0.39 is 0 Å². The number of hydrogen-bond acceptors (Lipinski definition) is 3. The van der Waals surface area contributed by atoms with E-state index in [1.54, 1.807) is 6.20 Å². The zero-order valence-corrected chi connectivity index (χ0v) is 11.2. The Kier molecular flexibility index (Phi) is 3.65. The van der Waals surface area contributed by atoms with Crippen LogP contribution in [0.15, 0.2) is 37.1 Å². The Morgan fingerprint density at radius 2 is 2.11 bits per heavy atom. The highest BCUT2D eigenvalue weighted by Gasteiger charge is 2.13. The van der Waals surface area contributed by atoms with Gasteiger partial charge >= 0.3 is 0 Å². The van der Waals surface area contributed by atoms with Crippen LogP contribution in [0.5, 0.6) is 0 Å². The summed E-state index contributed by atoms with van der Waals surface area (Å²) in [7, 11) is 0. The largest absolute Gasteiger partial charge is 0.368 e. The van der Waals surface area contributed by atoms with Gasteiger partial charge in [-0.25, -0.2) is 9.97 Å². The average molecular weight is 244 g/mol. The molecule has 2 aromatic rings. The summed E-state index contributed by atoms with van der Waals surface area (Å²) in [6.07, 6.45) is 7.51. The molecule has 0 saturated heterocycles. The summed E-state index contributed by atoms with van der Waals surface area (Å²) in [6.45, 7) is 8.31. The minimum Gasteiger partial charge on any atom is -0.368 e. The van der Waals surface area contributed by atoms with Crippen LogP contribution < -0.4 is 5.32 Å². The Labute approximate surface area is 108 Å². The molecule has 18 heavy (non-hydrogen) atoms. The first-order valence-corrected chi connectivity index (χ1v) is 6.22. The van der Waals surface area contributed by atoms with Crippen LogP contribution in [-0.2, 0) is 12.0 Å². The molecule has 0 aliphatic rings. The van der Waals surface area contributed by atoms with Crippen molar-refractivity contribution < 1.29 is 0 Å². The molecule has 0 unspecified atom stereocenters. The highest BCUT2D eigenvalue weighted by Crippen LogP contribution is 2.21. The van der Waals surface area contributed by atoms with Gasteiger partial charge < -0.3 is 9.88 Å². The summed E-state index contributed by atoms with van der Waals surface area (Å²) in [4.78, 5) is 8.43. The molecule has 0 fully saturated rings. The summed E-state index contributed by atoms with van der Waals surface area (Å²) < 4.78 is 2.04. The number of imidazole rings is 1. The molecule has 0 aliphatic carbocycles. The van der Waals surface area contributed by atoms with Gasteiger partial charge in [-0.05, 0) is 17.0 Å². The van der Waals surface area contributed by atoms with E-state index in [0.29, 0.717) is 0 Å². The van der Waals surface area contributed by atoms with Crippen molar-refractivity contribution in [2.75, 3.05) is 11.9 Å². The molecule has 1 N–H and O–H groups in total. The molecule has 96 valence electrons. The van der Waals surface area contributed by atoms with E-state index in [-0.39, 0.29) is 5.41 Å². The number of anilines is 1. The Morgan fingerprint density at radius 1 is 1.28 bits per heavy atom. The average Bonchev–Trinajstić information content (AvgIpc) is 2.82. The first-order chi connectivity index (χ1) is 8.55. The van der Waals surface area contributed by atoms with Crippen molar-refractivity contribution in [1.29, 1.82) is 0 Å². The summed E-state index contributed by atoms with van der Waals surface area (Å²) in [5, 5.41) is 3.30. The molecule has 0 atom stereocenters. The summed E-state index contributed by atoms with van der Waals surface area (Å²) in [6, 6.07) is 4.17. The smallest absolute Gasteiger partial charge is 0.125 e. The fourth-order valence-corrected chi connectivity index (χ4v) is 1.67. The summed E-state index contributed by atoms with van der Waals surface area (Å²) >= 11 is 0. The maximum Gasteiger partial charge on any atom is 0.125 e. The lowest BCUT2D eigenvalue weighted by atomic mass is 9.88. The Balaban J connectivity index is 1.87. The lowest BCUT2D eigenvalue weighted by molar-refractivity contribution is 0.587. The van der Waals surface area contributed by atoms with Crippen LogP contribution in [0.25, 0.3) is 0 Å². The van der Waals surface area contributed by atoms with Crippen molar-refractivity contribution in [3.05, 3.63) is 42.6 Å². The number of hydrogen-bond donors (Lipinski definition) is 1. The molecule has 2 aromatic heterocycles. The number of pyridine rings is 1. The van der Waals surface area contributed by atoms with Gasteiger partial charge in [0, 0.05) is 31.7 Å². The van der Waals surface area contributed by atoms with E-state index in [1.165, 1.54) is 5.56 Å². The van der Waals surface area contributed by atoms with Crippen LogP contribution in [0.4, 0.5) is 5.82 Å². The van der Waals surface area contributed by atoms with Gasteiger partial charge in [0.05, 0.1) is 6.33 Å². The van der Waals surface area contributed by atoms with Crippen LogP contribution in [0.3, 0.4) is 0 Å². The monoisotopic (exact) mass is 244 g/mol. The SMILES string of the molecule is CC(C)(C)c1ccc(NCCn2ccnc2)nc1. The van der Waals surface area contributed by atoms with Crippen molar-refractivity contribution in [3.8, 4) is 0 Å². The van der Waals surface area contributed by atoms with Crippen molar-refractivity contribution in [1.82, 2.24) is 14.5 Å². The zero-order chi connectivity index (χ0) is 13.0. The Morgan fingerprint density at radius 3 is 2.67 bits per heavy atom. The minimum atomic E-state index is 0.155. The molecule has 0 spiro atoms. The van der Waals surface area contributed by atoms with Crippen LogP contribution in [0, 0.1) is 0 Å². The highest BCUT2D eigenvalue weighted by molar-refractivity contribution is 5.36. The van der Waals surface area contributed by atoms with Gasteiger partial charge in [-0.2, -0.15) is 0 Å². The lowest BCUT2D eigenvalue weighted by Crippen LogP contribution is -2.13. The molecule has 0 bridgehead atoms. The van der Waals surface area contributed by atoms with Gasteiger partial charge in [-0.15, -0.1) is 0 Å². The molecular weight excluding hydrogens is 224 g/mol. The third kappa shape index (κ3) is 3.32. The van der Waals surface area contributed by atoms with Crippen LogP contribution >= 0.6 is 0 Å². The second-order valence-electron chi connectivity index (χ2n) is 5.41. The van der Waals surface area contributed by atoms with Gasteiger partial charge in [0.25, 0.3) is 0 Å². The van der Waals surface area contributed by atoms with Gasteiger partial charge in [-0.1, -0.05) is 26.8 Å². The number of nitrogens with one attached hydrogen (secondary N) is 1. The quantitative estimate of drug-likeness (QED) is 0.899. The fraction of sp³-hybridized carbons (Fsp3) is 0.429. The maximum absolute atomic E-state index is 4.43. The topological polar surface area (TPSA) is 42.7 Å². The van der Waals surface area contributed by atoms with Crippen molar-refractivity contribution in [2.24, 2.45) is 0 Å². The standard InChI is InChI=1S/C14H20N4/c1-14(2,3)12-4-5-13(17-10-12)16-7-9-18-8-6-15-11-18/h4-6,8,10-11H,7,9H2,1-3H3,(H,16,17). The van der Waals surface area contributed by atoms with E-state index in [1.807, 2.05) is 29.4 Å². The molecule has 0 amide bonds. The lowest BCUT2D eigenvalue weighted by Gasteiger charge is -2.18. The molecule has 2 heterocycles. The Bertz CT molecular complexity index is 465. The number of rotatable bonds is 4. The number of aromatic nitrogens is 3. The molecule has 0 aliphatic heterocycles. The molecule has 4 nitrogen and oxygen atoms in total. The summed E-state index contributed by atoms with van der Waals surface area (Å²) in [5.74, 6) is 0.920. The van der Waals surface area contributed by atoms with Gasteiger partial charge in [0.1, 0.15) is 5.82 Å². The van der Waals surface area contributed by atoms with Gasteiger partial charge in [-0.3, -0.25) is 0 Å². The minimum absolute atomic E-state index is 0.155. The van der Waals surface area contributed by atoms with E-state index in [4.69, 9.17) is 0 Å². The summed E-state index contributed by atoms with van der Waals surface area (Å²) in [5.41, 5.74) is 1.41. The normalized spacial score (nSPS) is 11.5. The van der Waals surface area contributed by atoms with E-state index >= 15 is 0 Å². The second kappa shape index (κ2) is 5.21. The van der Waals surface area contributed by atoms with E-state index in [0.717, 1.165) is 18.9 Å². The molecular formula is C14H20N4. The van der Waals surface area contributed by atoms with Crippen molar-refractivity contribution in [3.63, 3.8) is 0 Å². The van der Waals surface area contributed by atoms with Gasteiger partial charge in [0.2, 0.25) is 0 Å². The maximum atomic E-state index is 4.43. The van der Waals surface area contributed by atoms with Crippen molar-refractivity contribution >= 4 is 5.82 Å². The second-order valence-corrected chi connectivity index (χ2v) is 5.41. The Hall–Kier alpha value is -1.84. The third-order valence-electron chi connectivity index (χ3n) is 2.86. The molecule has 0 aromatic carbocycles. The number of nitrogens with zero attached hydrogens (tertiary/aromatic N) is 3. The van der Waals surface area contributed by atoms with Gasteiger partial charge in [0.15, 0.2) is 0 Å². The molecule has 4 heteroatoms. The van der Waals surface area contributed by atoms with E-state index in [2.05, 4.69) is 42.1 Å².